The summed E-state index contributed by atoms with van der Waals surface area (Å²) in [5, 5.41) is 6.30. The van der Waals surface area contributed by atoms with E-state index in [1.807, 2.05) is 12.1 Å². The van der Waals surface area contributed by atoms with E-state index in [1.165, 1.54) is 34.0 Å². The molecule has 0 heterocycles. The van der Waals surface area contributed by atoms with E-state index in [0.29, 0.717) is 11.5 Å². The van der Waals surface area contributed by atoms with Crippen LogP contribution in [0.15, 0.2) is 48.5 Å². The number of carbonyl (C=O) groups excluding carboxylic acids is 2. The lowest BCUT2D eigenvalue weighted by atomic mass is 9.88. The van der Waals surface area contributed by atoms with Crippen molar-refractivity contribution in [1.82, 2.24) is 10.6 Å². The Labute approximate surface area is 176 Å². The van der Waals surface area contributed by atoms with Crippen molar-refractivity contribution in [2.24, 2.45) is 0 Å². The molecule has 2 atom stereocenters. The van der Waals surface area contributed by atoms with Gasteiger partial charge >= 0.3 is 0 Å². The highest BCUT2D eigenvalue weighted by atomic mass is 32.2. The molecule has 0 spiro atoms. The smallest absolute Gasteiger partial charge is 0.230 e. The molecule has 0 radical (unpaired) electrons. The van der Waals surface area contributed by atoms with Gasteiger partial charge in [0.15, 0.2) is 0 Å². The minimum absolute atomic E-state index is 0.00696. The highest BCUT2D eigenvalue weighted by Crippen LogP contribution is 2.30. The van der Waals surface area contributed by atoms with Gasteiger partial charge in [-0.1, -0.05) is 48.5 Å². The van der Waals surface area contributed by atoms with E-state index in [0.717, 1.165) is 38.5 Å². The van der Waals surface area contributed by atoms with Crippen LogP contribution in [0.25, 0.3) is 0 Å². The molecule has 2 N–H and O–H groups in total. The summed E-state index contributed by atoms with van der Waals surface area (Å²) in [6.45, 7) is 0. The van der Waals surface area contributed by atoms with Crippen molar-refractivity contribution < 1.29 is 9.59 Å². The fourth-order valence-electron chi connectivity index (χ4n) is 4.52. The maximum Gasteiger partial charge on any atom is 0.230 e. The maximum absolute atomic E-state index is 12.4. The molecule has 0 bridgehead atoms. The molecule has 2 aliphatic carbocycles. The Bertz CT molecular complexity index is 811. The summed E-state index contributed by atoms with van der Waals surface area (Å²) < 4.78 is 0. The molecule has 0 saturated heterocycles. The van der Waals surface area contributed by atoms with Crippen molar-refractivity contribution in [3.05, 3.63) is 70.8 Å². The van der Waals surface area contributed by atoms with Crippen molar-refractivity contribution >= 4 is 23.6 Å². The third-order valence-electron chi connectivity index (χ3n) is 5.88. The Morgan fingerprint density at radius 3 is 1.69 bits per heavy atom. The third-order valence-corrected chi connectivity index (χ3v) is 6.81. The predicted octanol–water partition coefficient (Wildman–Crippen LogP) is 4.11. The Morgan fingerprint density at radius 2 is 1.21 bits per heavy atom. The highest BCUT2D eigenvalue weighted by molar-refractivity contribution is 8.00. The number of rotatable bonds is 6. The van der Waals surface area contributed by atoms with Crippen LogP contribution < -0.4 is 10.6 Å². The Kier molecular flexibility index (Phi) is 6.55. The van der Waals surface area contributed by atoms with E-state index in [2.05, 4.69) is 47.0 Å². The van der Waals surface area contributed by atoms with Crippen molar-refractivity contribution in [1.29, 1.82) is 0 Å². The molecule has 0 aliphatic heterocycles. The zero-order valence-corrected chi connectivity index (χ0v) is 17.5. The van der Waals surface area contributed by atoms with Crippen LogP contribution >= 0.6 is 11.8 Å². The van der Waals surface area contributed by atoms with E-state index in [4.69, 9.17) is 0 Å². The van der Waals surface area contributed by atoms with Gasteiger partial charge in [0.25, 0.3) is 0 Å². The van der Waals surface area contributed by atoms with Crippen LogP contribution in [0, 0.1) is 0 Å². The van der Waals surface area contributed by atoms with Crippen LogP contribution in [0.1, 0.15) is 60.0 Å². The second kappa shape index (κ2) is 9.49. The molecule has 2 unspecified atom stereocenters. The van der Waals surface area contributed by atoms with Crippen molar-refractivity contribution in [2.75, 3.05) is 11.5 Å². The third kappa shape index (κ3) is 5.02. The molecule has 152 valence electrons. The lowest BCUT2D eigenvalue weighted by molar-refractivity contribution is -0.119. The molecule has 2 aromatic carbocycles. The molecule has 29 heavy (non-hydrogen) atoms. The Morgan fingerprint density at radius 1 is 0.759 bits per heavy atom. The van der Waals surface area contributed by atoms with Gasteiger partial charge in [-0.3, -0.25) is 9.59 Å². The van der Waals surface area contributed by atoms with E-state index in [-0.39, 0.29) is 23.9 Å². The summed E-state index contributed by atoms with van der Waals surface area (Å²) in [6, 6.07) is 16.9. The number of hydrogen-bond acceptors (Lipinski definition) is 3. The average Bonchev–Trinajstić information content (AvgIpc) is 2.74. The number of hydrogen-bond donors (Lipinski definition) is 2. The average molecular weight is 409 g/mol. The zero-order valence-electron chi connectivity index (χ0n) is 16.7. The minimum Gasteiger partial charge on any atom is -0.349 e. The van der Waals surface area contributed by atoms with Gasteiger partial charge < -0.3 is 10.6 Å². The lowest BCUT2D eigenvalue weighted by Gasteiger charge is -2.26. The molecule has 4 nitrogen and oxygen atoms in total. The summed E-state index contributed by atoms with van der Waals surface area (Å²) in [5.74, 6) is 0.640. The molecule has 0 fully saturated rings. The largest absolute Gasteiger partial charge is 0.349 e. The summed E-state index contributed by atoms with van der Waals surface area (Å²) in [7, 11) is 0. The Hall–Kier alpha value is -2.27. The molecule has 2 aliphatic rings. The number of thioether (sulfide) groups is 1. The van der Waals surface area contributed by atoms with Crippen molar-refractivity contribution in [2.45, 2.75) is 50.6 Å². The Balaban J connectivity index is 1.23. The first-order valence-electron chi connectivity index (χ1n) is 10.5. The van der Waals surface area contributed by atoms with Crippen LogP contribution in [-0.4, -0.2) is 23.3 Å². The number of nitrogens with one attached hydrogen (secondary N) is 2. The number of fused-ring (bicyclic) bond motifs is 2. The van der Waals surface area contributed by atoms with E-state index in [9.17, 15) is 9.59 Å². The van der Waals surface area contributed by atoms with Crippen LogP contribution in [0.2, 0.25) is 0 Å². The fraction of sp³-hybridized carbons (Fsp3) is 0.417. The topological polar surface area (TPSA) is 58.2 Å². The summed E-state index contributed by atoms with van der Waals surface area (Å²) in [6.07, 6.45) is 6.33. The molecular formula is C24H28N2O2S. The highest BCUT2D eigenvalue weighted by Gasteiger charge is 2.23. The normalized spacial score (nSPS) is 20.3. The van der Waals surface area contributed by atoms with Gasteiger partial charge in [0.05, 0.1) is 23.6 Å². The molecule has 0 saturated carbocycles. The van der Waals surface area contributed by atoms with Gasteiger partial charge in [0.1, 0.15) is 0 Å². The number of amides is 2. The first-order chi connectivity index (χ1) is 14.2. The van der Waals surface area contributed by atoms with Crippen LogP contribution in [0.3, 0.4) is 0 Å². The van der Waals surface area contributed by atoms with Crippen molar-refractivity contribution in [3.8, 4) is 0 Å². The quantitative estimate of drug-likeness (QED) is 0.756. The monoisotopic (exact) mass is 408 g/mol. The van der Waals surface area contributed by atoms with Gasteiger partial charge in [-0.05, 0) is 60.8 Å². The second-order valence-corrected chi connectivity index (χ2v) is 8.90. The molecule has 2 amide bonds. The van der Waals surface area contributed by atoms with E-state index in [1.54, 1.807) is 0 Å². The van der Waals surface area contributed by atoms with Crippen LogP contribution in [-0.2, 0) is 22.4 Å². The summed E-state index contributed by atoms with van der Waals surface area (Å²) in [4.78, 5) is 24.8. The van der Waals surface area contributed by atoms with Crippen molar-refractivity contribution in [3.63, 3.8) is 0 Å². The van der Waals surface area contributed by atoms with E-state index < -0.39 is 0 Å². The minimum atomic E-state index is 0.00696. The van der Waals surface area contributed by atoms with Crippen LogP contribution in [0.5, 0.6) is 0 Å². The van der Waals surface area contributed by atoms with Gasteiger partial charge in [-0.2, -0.15) is 0 Å². The standard InChI is InChI=1S/C24H28N2O2S/c27-23(25-21-13-5-9-17-7-1-3-11-19(17)21)15-29-16-24(28)26-22-14-6-10-18-8-2-4-12-20(18)22/h1-4,7-8,11-12,21-22H,5-6,9-10,13-16H2,(H,25,27)(H,26,28). The molecule has 0 aromatic heterocycles. The zero-order chi connectivity index (χ0) is 20.1. The predicted molar refractivity (Wildman–Crippen MR) is 118 cm³/mol. The van der Waals surface area contributed by atoms with Gasteiger partial charge in [-0.15, -0.1) is 11.8 Å². The second-order valence-electron chi connectivity index (χ2n) is 7.92. The number of carbonyl (C=O) groups is 2. The van der Waals surface area contributed by atoms with Gasteiger partial charge in [0.2, 0.25) is 11.8 Å². The summed E-state index contributed by atoms with van der Waals surface area (Å²) in [5.41, 5.74) is 5.16. The molecular weight excluding hydrogens is 380 g/mol. The maximum atomic E-state index is 12.4. The lowest BCUT2D eigenvalue weighted by Crippen LogP contribution is -2.34. The first-order valence-corrected chi connectivity index (χ1v) is 11.7. The number of aryl methyl sites for hydroxylation is 2. The first kappa shape index (κ1) is 20.0. The van der Waals surface area contributed by atoms with E-state index >= 15 is 0 Å². The SMILES string of the molecule is O=C(CSCC(=O)NC1CCCc2ccccc21)NC1CCCc2ccccc21. The molecule has 4 rings (SSSR count). The van der Waals surface area contributed by atoms with Crippen LogP contribution in [0.4, 0.5) is 0 Å². The molecule has 5 heteroatoms. The summed E-state index contributed by atoms with van der Waals surface area (Å²) >= 11 is 1.39. The fourth-order valence-corrected chi connectivity index (χ4v) is 5.16. The molecule has 2 aromatic rings. The number of benzene rings is 2. The van der Waals surface area contributed by atoms with Gasteiger partial charge in [0, 0.05) is 0 Å². The van der Waals surface area contributed by atoms with Gasteiger partial charge in [-0.25, -0.2) is 0 Å².